The number of hydrogen-bond acceptors (Lipinski definition) is 5. The summed E-state index contributed by atoms with van der Waals surface area (Å²) in [6.07, 6.45) is 0.571. The minimum atomic E-state index is -0.884. The van der Waals surface area contributed by atoms with Crippen LogP contribution in [-0.2, 0) is 0 Å². The van der Waals surface area contributed by atoms with E-state index in [1.54, 1.807) is 25.1 Å². The van der Waals surface area contributed by atoms with Gasteiger partial charge in [0.15, 0.2) is 5.82 Å². The molecule has 2 heterocycles. The lowest BCUT2D eigenvalue weighted by molar-refractivity contribution is 0.149. The molecule has 18 heavy (non-hydrogen) atoms. The van der Waals surface area contributed by atoms with E-state index in [-0.39, 0.29) is 6.54 Å². The second kappa shape index (κ2) is 5.37. The molecule has 0 bridgehead atoms. The van der Waals surface area contributed by atoms with Gasteiger partial charge in [0.2, 0.25) is 0 Å². The molecule has 7 nitrogen and oxygen atoms in total. The Labute approximate surface area is 103 Å². The number of carbonyl (C=O) groups is 1. The Balaban J connectivity index is 1.78. The Morgan fingerprint density at radius 1 is 1.61 bits per heavy atom. The van der Waals surface area contributed by atoms with Crippen LogP contribution >= 0.6 is 0 Å². The van der Waals surface area contributed by atoms with E-state index in [9.17, 15) is 9.90 Å². The Morgan fingerprint density at radius 3 is 3.06 bits per heavy atom. The first-order chi connectivity index (χ1) is 8.65. The summed E-state index contributed by atoms with van der Waals surface area (Å²) in [4.78, 5) is 11.5. The predicted molar refractivity (Wildman–Crippen MR) is 61.9 cm³/mol. The first-order valence-electron chi connectivity index (χ1n) is 5.35. The van der Waals surface area contributed by atoms with Crippen molar-refractivity contribution in [1.82, 2.24) is 10.5 Å². The van der Waals surface area contributed by atoms with Crippen LogP contribution in [0.5, 0.6) is 0 Å². The molecular weight excluding hydrogens is 238 g/mol. The molecule has 2 aromatic rings. The quantitative estimate of drug-likeness (QED) is 0.763. The molecule has 3 N–H and O–H groups in total. The van der Waals surface area contributed by atoms with E-state index < -0.39 is 12.1 Å². The molecule has 0 spiro atoms. The molecular formula is C11H13N3O4. The van der Waals surface area contributed by atoms with Crippen LogP contribution in [0.25, 0.3) is 0 Å². The zero-order chi connectivity index (χ0) is 13.0. The molecule has 2 amide bonds. The molecule has 1 atom stereocenters. The fourth-order valence-electron chi connectivity index (χ4n) is 1.36. The topological polar surface area (TPSA) is 101 Å². The maximum Gasteiger partial charge on any atom is 0.320 e. The van der Waals surface area contributed by atoms with Crippen molar-refractivity contribution in [2.45, 2.75) is 13.0 Å². The zero-order valence-corrected chi connectivity index (χ0v) is 9.71. The second-order valence-electron chi connectivity index (χ2n) is 3.69. The van der Waals surface area contributed by atoms with Crippen LogP contribution in [0.15, 0.2) is 33.4 Å². The number of carbonyl (C=O) groups excluding carboxylic acids is 1. The number of hydrogen-bond donors (Lipinski definition) is 3. The number of amides is 2. The van der Waals surface area contributed by atoms with E-state index in [2.05, 4.69) is 15.8 Å². The highest BCUT2D eigenvalue weighted by Crippen LogP contribution is 2.11. The third kappa shape index (κ3) is 3.11. The van der Waals surface area contributed by atoms with E-state index in [0.717, 1.165) is 0 Å². The number of aliphatic hydroxyl groups excluding tert-OH is 1. The summed E-state index contributed by atoms with van der Waals surface area (Å²) in [5.74, 6) is 1.31. The van der Waals surface area contributed by atoms with E-state index in [1.807, 2.05) is 0 Å². The van der Waals surface area contributed by atoms with Crippen molar-refractivity contribution in [2.75, 3.05) is 11.9 Å². The van der Waals surface area contributed by atoms with Crippen molar-refractivity contribution in [3.05, 3.63) is 36.0 Å². The molecule has 0 aromatic carbocycles. The summed E-state index contributed by atoms with van der Waals surface area (Å²) < 4.78 is 9.79. The van der Waals surface area contributed by atoms with Gasteiger partial charge >= 0.3 is 6.03 Å². The average Bonchev–Trinajstić information content (AvgIpc) is 2.97. The number of aryl methyl sites for hydroxylation is 1. The minimum Gasteiger partial charge on any atom is -0.467 e. The number of aromatic nitrogens is 1. The Bertz CT molecular complexity index is 506. The summed E-state index contributed by atoms with van der Waals surface area (Å²) in [6.45, 7) is 1.76. The lowest BCUT2D eigenvalue weighted by Crippen LogP contribution is -2.32. The number of furan rings is 1. The minimum absolute atomic E-state index is 0.0379. The smallest absolute Gasteiger partial charge is 0.320 e. The van der Waals surface area contributed by atoms with Gasteiger partial charge in [0, 0.05) is 6.07 Å². The van der Waals surface area contributed by atoms with Crippen molar-refractivity contribution in [3.8, 4) is 0 Å². The van der Waals surface area contributed by atoms with Gasteiger partial charge in [0.25, 0.3) is 0 Å². The van der Waals surface area contributed by atoms with Crippen molar-refractivity contribution in [3.63, 3.8) is 0 Å². The average molecular weight is 251 g/mol. The van der Waals surface area contributed by atoms with Crippen molar-refractivity contribution in [2.24, 2.45) is 0 Å². The molecule has 0 aliphatic rings. The molecule has 0 saturated carbocycles. The third-order valence-electron chi connectivity index (χ3n) is 2.20. The highest BCUT2D eigenvalue weighted by atomic mass is 16.5. The monoisotopic (exact) mass is 251 g/mol. The molecule has 7 heteroatoms. The molecule has 0 saturated heterocycles. The van der Waals surface area contributed by atoms with Gasteiger partial charge in [-0.2, -0.15) is 0 Å². The third-order valence-corrected chi connectivity index (χ3v) is 2.20. The lowest BCUT2D eigenvalue weighted by Gasteiger charge is -2.09. The number of rotatable bonds is 4. The van der Waals surface area contributed by atoms with Gasteiger partial charge in [-0.25, -0.2) is 4.79 Å². The van der Waals surface area contributed by atoms with Crippen molar-refractivity contribution >= 4 is 11.8 Å². The number of nitrogens with one attached hydrogen (secondary N) is 2. The van der Waals surface area contributed by atoms with Crippen LogP contribution in [0.3, 0.4) is 0 Å². The molecule has 0 radical (unpaired) electrons. The summed E-state index contributed by atoms with van der Waals surface area (Å²) in [5.41, 5.74) is 0. The summed E-state index contributed by atoms with van der Waals surface area (Å²) in [5, 5.41) is 18.2. The molecule has 96 valence electrons. The molecule has 2 aromatic heterocycles. The predicted octanol–water partition coefficient (Wildman–Crippen LogP) is 1.43. The SMILES string of the molecule is Cc1cc(NC(=O)NCC(O)c2ccco2)no1. The van der Waals surface area contributed by atoms with Crippen LogP contribution in [-0.4, -0.2) is 22.8 Å². The van der Waals surface area contributed by atoms with E-state index in [1.165, 1.54) is 6.26 Å². The van der Waals surface area contributed by atoms with E-state index in [0.29, 0.717) is 17.3 Å². The first-order valence-corrected chi connectivity index (χ1v) is 5.35. The number of anilines is 1. The first kappa shape index (κ1) is 12.2. The standard InChI is InChI=1S/C11H13N3O4/c1-7-5-10(14-18-7)13-11(16)12-6-8(15)9-3-2-4-17-9/h2-5,8,15H,6H2,1H3,(H2,12,13,14,16). The van der Waals surface area contributed by atoms with Crippen LogP contribution in [0, 0.1) is 6.92 Å². The number of urea groups is 1. The summed E-state index contributed by atoms with van der Waals surface area (Å²) in [7, 11) is 0. The van der Waals surface area contributed by atoms with Gasteiger partial charge in [-0.15, -0.1) is 0 Å². The molecule has 0 aliphatic carbocycles. The van der Waals surface area contributed by atoms with Crippen LogP contribution < -0.4 is 10.6 Å². The zero-order valence-electron chi connectivity index (χ0n) is 9.71. The van der Waals surface area contributed by atoms with E-state index >= 15 is 0 Å². The van der Waals surface area contributed by atoms with Crippen molar-refractivity contribution in [1.29, 1.82) is 0 Å². The largest absolute Gasteiger partial charge is 0.467 e. The Morgan fingerprint density at radius 2 is 2.44 bits per heavy atom. The van der Waals surface area contributed by atoms with Gasteiger partial charge in [-0.05, 0) is 19.1 Å². The fraction of sp³-hybridized carbons (Fsp3) is 0.273. The van der Waals surface area contributed by atoms with Crippen molar-refractivity contribution < 1.29 is 18.8 Å². The lowest BCUT2D eigenvalue weighted by atomic mass is 10.3. The number of nitrogens with zero attached hydrogens (tertiary/aromatic N) is 1. The van der Waals surface area contributed by atoms with Gasteiger partial charge < -0.3 is 19.4 Å². The van der Waals surface area contributed by atoms with Gasteiger partial charge in [-0.1, -0.05) is 5.16 Å². The number of aliphatic hydroxyl groups is 1. The maximum atomic E-state index is 11.5. The fourth-order valence-corrected chi connectivity index (χ4v) is 1.36. The molecule has 2 rings (SSSR count). The normalized spacial score (nSPS) is 12.1. The molecule has 1 unspecified atom stereocenters. The Kier molecular flexibility index (Phi) is 3.63. The Hall–Kier alpha value is -2.28. The molecule has 0 aliphatic heterocycles. The maximum absolute atomic E-state index is 11.5. The molecule has 0 fully saturated rings. The summed E-state index contributed by atoms with van der Waals surface area (Å²) >= 11 is 0. The van der Waals surface area contributed by atoms with Crippen LogP contribution in [0.4, 0.5) is 10.6 Å². The van der Waals surface area contributed by atoms with Gasteiger partial charge in [0.05, 0.1) is 12.8 Å². The van der Waals surface area contributed by atoms with Crippen LogP contribution in [0.2, 0.25) is 0 Å². The highest BCUT2D eigenvalue weighted by Gasteiger charge is 2.12. The summed E-state index contributed by atoms with van der Waals surface area (Å²) in [6, 6.07) is 4.40. The van der Waals surface area contributed by atoms with Gasteiger partial charge in [0.1, 0.15) is 17.6 Å². The van der Waals surface area contributed by atoms with Gasteiger partial charge in [-0.3, -0.25) is 5.32 Å². The van der Waals surface area contributed by atoms with E-state index in [4.69, 9.17) is 8.94 Å². The highest BCUT2D eigenvalue weighted by molar-refractivity contribution is 5.88. The second-order valence-corrected chi connectivity index (χ2v) is 3.69. The van der Waals surface area contributed by atoms with Crippen LogP contribution in [0.1, 0.15) is 17.6 Å².